The topological polar surface area (TPSA) is 18.5 Å². The van der Waals surface area contributed by atoms with Crippen molar-refractivity contribution >= 4 is 6.08 Å². The summed E-state index contributed by atoms with van der Waals surface area (Å²) in [6.07, 6.45) is 9.57. The van der Waals surface area contributed by atoms with Crippen LogP contribution in [0, 0.1) is 0 Å². The van der Waals surface area contributed by atoms with Crippen molar-refractivity contribution in [1.82, 2.24) is 0 Å². The lowest BCUT2D eigenvalue weighted by atomic mass is 10.1. The number of hydrogen-bond acceptors (Lipinski definition) is 2. The molecular weight excluding hydrogens is 200 g/mol. The first-order valence-corrected chi connectivity index (χ1v) is 5.72. The van der Waals surface area contributed by atoms with Gasteiger partial charge in [0.2, 0.25) is 0 Å². The van der Waals surface area contributed by atoms with Crippen LogP contribution < -0.4 is 4.89 Å². The van der Waals surface area contributed by atoms with Crippen LogP contribution in [0.4, 0.5) is 0 Å². The van der Waals surface area contributed by atoms with Crippen molar-refractivity contribution in [3.05, 3.63) is 47.7 Å². The average molecular weight is 216 g/mol. The summed E-state index contributed by atoms with van der Waals surface area (Å²) in [4.78, 5) is 10.3. The van der Waals surface area contributed by atoms with E-state index in [1.807, 2.05) is 36.4 Å². The normalized spacial score (nSPS) is 13.9. The van der Waals surface area contributed by atoms with Crippen molar-refractivity contribution in [2.24, 2.45) is 0 Å². The van der Waals surface area contributed by atoms with Gasteiger partial charge in [-0.05, 0) is 24.6 Å². The predicted molar refractivity (Wildman–Crippen MR) is 64.8 cm³/mol. The van der Waals surface area contributed by atoms with E-state index in [0.29, 0.717) is 0 Å². The summed E-state index contributed by atoms with van der Waals surface area (Å²) in [5.41, 5.74) is 1.06. The van der Waals surface area contributed by atoms with E-state index in [9.17, 15) is 0 Å². The molecule has 1 heterocycles. The molecule has 0 N–H and O–H groups in total. The Morgan fingerprint density at radius 3 is 2.94 bits per heavy atom. The minimum Gasteiger partial charge on any atom is -0.290 e. The van der Waals surface area contributed by atoms with Crippen molar-refractivity contribution in [1.29, 1.82) is 0 Å². The fourth-order valence-electron chi connectivity index (χ4n) is 1.54. The fourth-order valence-corrected chi connectivity index (χ4v) is 1.54. The first-order valence-electron chi connectivity index (χ1n) is 5.72. The van der Waals surface area contributed by atoms with Crippen LogP contribution in [0.3, 0.4) is 0 Å². The van der Waals surface area contributed by atoms with Crippen LogP contribution in [0.2, 0.25) is 0 Å². The fraction of sp³-hybridized carbons (Fsp3) is 0.286. The maximum atomic E-state index is 5.17. The number of benzene rings is 1. The zero-order valence-electron chi connectivity index (χ0n) is 9.48. The highest BCUT2D eigenvalue weighted by Crippen LogP contribution is 2.26. The summed E-state index contributed by atoms with van der Waals surface area (Å²) in [5.74, 6) is 1.53. The first kappa shape index (κ1) is 10.8. The monoisotopic (exact) mass is 216 g/mol. The molecule has 0 unspecified atom stereocenters. The van der Waals surface area contributed by atoms with Crippen molar-refractivity contribution in [3.63, 3.8) is 0 Å². The summed E-state index contributed by atoms with van der Waals surface area (Å²) < 4.78 is 0. The second-order valence-electron chi connectivity index (χ2n) is 3.80. The third kappa shape index (κ3) is 2.66. The Bertz CT molecular complexity index is 405. The Kier molecular flexibility index (Phi) is 3.65. The Morgan fingerprint density at radius 1 is 1.19 bits per heavy atom. The minimum absolute atomic E-state index is 0.759. The van der Waals surface area contributed by atoms with Crippen LogP contribution in [-0.2, 0) is 4.89 Å². The van der Waals surface area contributed by atoms with Gasteiger partial charge in [-0.25, -0.2) is 0 Å². The van der Waals surface area contributed by atoms with E-state index in [0.717, 1.165) is 23.5 Å². The molecule has 1 aliphatic rings. The number of rotatable bonds is 4. The third-order valence-corrected chi connectivity index (χ3v) is 2.45. The van der Waals surface area contributed by atoms with E-state index in [-0.39, 0.29) is 0 Å². The van der Waals surface area contributed by atoms with Crippen LogP contribution in [0.1, 0.15) is 31.7 Å². The van der Waals surface area contributed by atoms with E-state index in [1.165, 1.54) is 12.8 Å². The van der Waals surface area contributed by atoms with Gasteiger partial charge in [-0.1, -0.05) is 44.0 Å². The molecule has 0 radical (unpaired) electrons. The van der Waals surface area contributed by atoms with Gasteiger partial charge in [0.05, 0.1) is 0 Å². The van der Waals surface area contributed by atoms with Gasteiger partial charge in [0.1, 0.15) is 0 Å². The van der Waals surface area contributed by atoms with E-state index in [2.05, 4.69) is 13.0 Å². The first-order chi connectivity index (χ1) is 7.90. The molecule has 0 atom stereocenters. The Labute approximate surface area is 96.1 Å². The number of unbranched alkanes of at least 4 members (excludes halogenated alkanes) is 2. The third-order valence-electron chi connectivity index (χ3n) is 2.45. The zero-order chi connectivity index (χ0) is 11.2. The smallest absolute Gasteiger partial charge is 0.185 e. The number of fused-ring (bicyclic) bond motifs is 1. The molecule has 0 saturated carbocycles. The molecule has 0 saturated heterocycles. The highest BCUT2D eigenvalue weighted by atomic mass is 17.2. The number of allylic oxidation sites excluding steroid dienone is 2. The molecular formula is C14H16O2. The van der Waals surface area contributed by atoms with Crippen molar-refractivity contribution in [3.8, 4) is 5.75 Å². The van der Waals surface area contributed by atoms with Gasteiger partial charge in [0.15, 0.2) is 11.5 Å². The van der Waals surface area contributed by atoms with E-state index in [1.54, 1.807) is 0 Å². The molecule has 16 heavy (non-hydrogen) atoms. The molecule has 1 aromatic rings. The molecule has 0 amide bonds. The number of para-hydroxylation sites is 1. The molecule has 0 aliphatic carbocycles. The lowest BCUT2D eigenvalue weighted by molar-refractivity contribution is -0.163. The molecule has 0 aromatic heterocycles. The summed E-state index contributed by atoms with van der Waals surface area (Å²) in [6.45, 7) is 2.18. The summed E-state index contributed by atoms with van der Waals surface area (Å²) in [7, 11) is 0. The van der Waals surface area contributed by atoms with Crippen LogP contribution in [0.5, 0.6) is 5.75 Å². The molecule has 84 valence electrons. The zero-order valence-corrected chi connectivity index (χ0v) is 9.48. The number of hydrogen-bond donors (Lipinski definition) is 0. The van der Waals surface area contributed by atoms with Gasteiger partial charge in [-0.3, -0.25) is 9.78 Å². The maximum absolute atomic E-state index is 5.17. The van der Waals surface area contributed by atoms with Crippen molar-refractivity contribution < 1.29 is 9.78 Å². The highest BCUT2D eigenvalue weighted by molar-refractivity contribution is 5.61. The van der Waals surface area contributed by atoms with E-state index in [4.69, 9.17) is 9.78 Å². The molecule has 0 fully saturated rings. The predicted octanol–water partition coefficient (Wildman–Crippen LogP) is 4.10. The van der Waals surface area contributed by atoms with E-state index < -0.39 is 0 Å². The molecule has 0 spiro atoms. The van der Waals surface area contributed by atoms with Gasteiger partial charge in [-0.2, -0.15) is 0 Å². The van der Waals surface area contributed by atoms with Crippen molar-refractivity contribution in [2.45, 2.75) is 26.2 Å². The van der Waals surface area contributed by atoms with Gasteiger partial charge in [-0.15, -0.1) is 0 Å². The summed E-state index contributed by atoms with van der Waals surface area (Å²) in [5, 5.41) is 0. The highest BCUT2D eigenvalue weighted by Gasteiger charge is 2.10. The quantitative estimate of drug-likeness (QED) is 0.557. The summed E-state index contributed by atoms with van der Waals surface area (Å²) in [6, 6.07) is 7.82. The second-order valence-corrected chi connectivity index (χ2v) is 3.80. The minimum atomic E-state index is 0.759. The maximum Gasteiger partial charge on any atom is 0.185 e. The van der Waals surface area contributed by atoms with E-state index >= 15 is 0 Å². The summed E-state index contributed by atoms with van der Waals surface area (Å²) >= 11 is 0. The molecule has 2 heteroatoms. The van der Waals surface area contributed by atoms with Crippen molar-refractivity contribution in [2.75, 3.05) is 0 Å². The lowest BCUT2D eigenvalue weighted by Crippen LogP contribution is -2.02. The Hall–Kier alpha value is -1.70. The molecule has 0 bridgehead atoms. The molecule has 1 aromatic carbocycles. The second kappa shape index (κ2) is 5.40. The molecule has 1 aliphatic heterocycles. The van der Waals surface area contributed by atoms with Gasteiger partial charge in [0, 0.05) is 5.56 Å². The largest absolute Gasteiger partial charge is 0.290 e. The van der Waals surface area contributed by atoms with Gasteiger partial charge >= 0.3 is 0 Å². The van der Waals surface area contributed by atoms with Gasteiger partial charge in [0.25, 0.3) is 0 Å². The molecule has 2 nitrogen and oxygen atoms in total. The lowest BCUT2D eigenvalue weighted by Gasteiger charge is -2.13. The SMILES string of the molecule is CCCCC=CC1=Cc2ccccc2OO1. The Balaban J connectivity index is 2.03. The average Bonchev–Trinajstić information content (AvgIpc) is 2.34. The molecule has 2 rings (SSSR count). The van der Waals surface area contributed by atoms with Crippen LogP contribution >= 0.6 is 0 Å². The van der Waals surface area contributed by atoms with Crippen LogP contribution in [-0.4, -0.2) is 0 Å². The standard InChI is InChI=1S/C14H16O2/c1-2-3-4-5-9-13-11-12-8-6-7-10-14(12)16-15-13/h5-11H,2-4H2,1H3. The van der Waals surface area contributed by atoms with Crippen LogP contribution in [0.15, 0.2) is 42.2 Å². The van der Waals surface area contributed by atoms with Crippen LogP contribution in [0.25, 0.3) is 6.08 Å². The van der Waals surface area contributed by atoms with Gasteiger partial charge < -0.3 is 0 Å². The Morgan fingerprint density at radius 2 is 2.06 bits per heavy atom.